The minimum Gasteiger partial charge on any atom is -0.490 e. The molecule has 0 aliphatic carbocycles. The molecule has 2 N–H and O–H groups in total. The molecule has 0 unspecified atom stereocenters. The van der Waals surface area contributed by atoms with Gasteiger partial charge in [-0.25, -0.2) is 8.42 Å². The van der Waals surface area contributed by atoms with E-state index < -0.39 is 53.0 Å². The van der Waals surface area contributed by atoms with Crippen molar-refractivity contribution in [1.29, 1.82) is 0 Å². The largest absolute Gasteiger partial charge is 0.490 e. The zero-order valence-corrected chi connectivity index (χ0v) is 27.5. The van der Waals surface area contributed by atoms with Gasteiger partial charge in [0.25, 0.3) is 15.9 Å². The number of hydrogen-bond donors (Lipinski definition) is 2. The van der Waals surface area contributed by atoms with Gasteiger partial charge in [0.05, 0.1) is 36.8 Å². The van der Waals surface area contributed by atoms with Crippen LogP contribution in [0.5, 0.6) is 5.75 Å². The van der Waals surface area contributed by atoms with E-state index in [-0.39, 0.29) is 52.9 Å². The van der Waals surface area contributed by atoms with Crippen molar-refractivity contribution in [3.8, 4) is 5.75 Å². The van der Waals surface area contributed by atoms with E-state index in [2.05, 4.69) is 5.32 Å². The highest BCUT2D eigenvalue weighted by atomic mass is 32.2. The Morgan fingerprint density at radius 2 is 1.98 bits per heavy atom. The average molecular weight is 678 g/mol. The molecule has 0 saturated heterocycles. The van der Waals surface area contributed by atoms with Gasteiger partial charge in [-0.2, -0.15) is 17.5 Å². The number of halogens is 3. The number of fused-ring (bicyclic) bond motifs is 1. The van der Waals surface area contributed by atoms with Crippen LogP contribution in [0.25, 0.3) is 0 Å². The number of carbonyl (C=O) groups excluding carboxylic acids is 2. The van der Waals surface area contributed by atoms with Crippen LogP contribution < -0.4 is 10.1 Å². The smallest absolute Gasteiger partial charge is 0.389 e. The number of thiophene rings is 1. The van der Waals surface area contributed by atoms with Gasteiger partial charge < -0.3 is 24.8 Å². The number of aliphatic hydroxyl groups excluding tert-OH is 1. The molecule has 2 aromatic rings. The van der Waals surface area contributed by atoms with Gasteiger partial charge in [-0.3, -0.25) is 9.59 Å². The molecule has 1 aliphatic heterocycles. The Hall–Kier alpha value is -2.72. The highest BCUT2D eigenvalue weighted by Gasteiger charge is 2.33. The Bertz CT molecular complexity index is 1370. The van der Waals surface area contributed by atoms with E-state index in [1.54, 1.807) is 18.4 Å². The Labute approximate surface area is 266 Å². The lowest BCUT2D eigenvalue weighted by molar-refractivity contribution is -0.142. The van der Waals surface area contributed by atoms with E-state index in [4.69, 9.17) is 9.47 Å². The van der Waals surface area contributed by atoms with Crippen molar-refractivity contribution in [3.05, 3.63) is 41.3 Å². The second-order valence-electron chi connectivity index (χ2n) is 11.4. The third-order valence-electron chi connectivity index (χ3n) is 7.57. The van der Waals surface area contributed by atoms with Crippen LogP contribution in [0.2, 0.25) is 0 Å². The summed E-state index contributed by atoms with van der Waals surface area (Å²) in [7, 11) is -2.28. The van der Waals surface area contributed by atoms with Crippen molar-refractivity contribution < 1.29 is 45.8 Å². The lowest BCUT2D eigenvalue weighted by Crippen LogP contribution is -2.48. The molecular formula is C30H42F3N3O7S2. The molecule has 0 bridgehead atoms. The summed E-state index contributed by atoms with van der Waals surface area (Å²) in [6.07, 6.45) is -5.41. The van der Waals surface area contributed by atoms with Crippen molar-refractivity contribution in [2.75, 3.05) is 38.7 Å². The molecule has 10 nitrogen and oxygen atoms in total. The minimum atomic E-state index is -4.49. The first-order chi connectivity index (χ1) is 21.1. The molecule has 2 heterocycles. The molecule has 0 fully saturated rings. The second-order valence-corrected chi connectivity index (χ2v) is 14.6. The first-order valence-corrected chi connectivity index (χ1v) is 17.1. The fraction of sp³-hybridized carbons (Fsp3) is 0.600. The van der Waals surface area contributed by atoms with Crippen LogP contribution in [0.15, 0.2) is 39.9 Å². The minimum absolute atomic E-state index is 0.0289. The molecule has 1 aromatic heterocycles. The number of benzene rings is 1. The van der Waals surface area contributed by atoms with Gasteiger partial charge in [0.2, 0.25) is 5.91 Å². The van der Waals surface area contributed by atoms with Gasteiger partial charge in [0.15, 0.2) is 0 Å². The number of sulfonamides is 1. The number of anilines is 1. The number of rotatable bonds is 9. The van der Waals surface area contributed by atoms with E-state index in [0.29, 0.717) is 19.4 Å². The van der Waals surface area contributed by atoms with Crippen molar-refractivity contribution in [3.63, 3.8) is 0 Å². The molecule has 1 aromatic carbocycles. The number of ether oxygens (including phenoxy) is 2. The summed E-state index contributed by atoms with van der Waals surface area (Å²) in [6.45, 7) is 5.43. The number of nitrogens with zero attached hydrogens (tertiary/aromatic N) is 2. The highest BCUT2D eigenvalue weighted by molar-refractivity contribution is 7.91. The fourth-order valence-corrected chi connectivity index (χ4v) is 7.24. The summed E-state index contributed by atoms with van der Waals surface area (Å²) in [6, 6.07) is 6.84. The maximum Gasteiger partial charge on any atom is 0.389 e. The van der Waals surface area contributed by atoms with Crippen molar-refractivity contribution >= 4 is 38.9 Å². The second kappa shape index (κ2) is 16.2. The maximum absolute atomic E-state index is 14.1. The van der Waals surface area contributed by atoms with Crippen LogP contribution in [0.4, 0.5) is 18.9 Å². The first-order valence-electron chi connectivity index (χ1n) is 14.8. The van der Waals surface area contributed by atoms with Gasteiger partial charge >= 0.3 is 6.18 Å². The Kier molecular flexibility index (Phi) is 13.2. The van der Waals surface area contributed by atoms with E-state index in [0.717, 1.165) is 17.8 Å². The van der Waals surface area contributed by atoms with E-state index in [9.17, 15) is 36.3 Å². The van der Waals surface area contributed by atoms with Crippen LogP contribution in [0, 0.1) is 5.92 Å². The topological polar surface area (TPSA) is 125 Å². The van der Waals surface area contributed by atoms with Gasteiger partial charge in [-0.05, 0) is 62.8 Å². The van der Waals surface area contributed by atoms with Crippen LogP contribution in [-0.2, 0) is 19.6 Å². The van der Waals surface area contributed by atoms with Crippen LogP contribution in [0.3, 0.4) is 0 Å². The number of alkyl halides is 3. The van der Waals surface area contributed by atoms with Crippen LogP contribution in [-0.4, -0.2) is 92.3 Å². The third kappa shape index (κ3) is 10.7. The van der Waals surface area contributed by atoms with Crippen LogP contribution in [0.1, 0.15) is 63.2 Å². The summed E-state index contributed by atoms with van der Waals surface area (Å²) >= 11 is 1.11. The lowest BCUT2D eigenvalue weighted by atomic mass is 10.0. The molecule has 2 amide bonds. The zero-order chi connectivity index (χ0) is 33.4. The zero-order valence-electron chi connectivity index (χ0n) is 25.9. The van der Waals surface area contributed by atoms with E-state index in [1.807, 2.05) is 13.8 Å². The Balaban J connectivity index is 1.94. The molecule has 4 atom stereocenters. The molecule has 0 saturated carbocycles. The number of carbonyl (C=O) groups is 2. The Morgan fingerprint density at radius 1 is 1.24 bits per heavy atom. The molecule has 3 rings (SSSR count). The van der Waals surface area contributed by atoms with Gasteiger partial charge in [0.1, 0.15) is 9.96 Å². The standard InChI is InChI=1S/C30H42F3N3O7S2/c1-20-17-36(21(2)19-37)29(39)24-16-23(34-27(38)12-13-30(31,32)33)10-11-25(24)43-22(3)8-5-6-14-42-26(20)18-35(4)45(40,41)28-9-7-15-44-28/h7,9-11,15-16,20-22,26,37H,5-6,8,12-14,17-19H2,1-4H3,(H,34,38)/t20-,21+,22-,26-/m1/s1. The predicted molar refractivity (Wildman–Crippen MR) is 165 cm³/mol. The summed E-state index contributed by atoms with van der Waals surface area (Å²) in [5, 5.41) is 14.2. The first kappa shape index (κ1) is 36.7. The van der Waals surface area contributed by atoms with Gasteiger partial charge in [0, 0.05) is 44.8 Å². The van der Waals surface area contributed by atoms with Crippen molar-refractivity contribution in [2.45, 2.75) is 81.5 Å². The molecular weight excluding hydrogens is 635 g/mol. The quantitative estimate of drug-likeness (QED) is 0.377. The maximum atomic E-state index is 14.1. The highest BCUT2D eigenvalue weighted by Crippen LogP contribution is 2.29. The molecule has 252 valence electrons. The third-order valence-corrected chi connectivity index (χ3v) is 10.8. The summed E-state index contributed by atoms with van der Waals surface area (Å²) in [5.74, 6) is -1.55. The number of amides is 2. The summed E-state index contributed by atoms with van der Waals surface area (Å²) in [5.41, 5.74) is 0.188. The van der Waals surface area contributed by atoms with Crippen LogP contribution >= 0.6 is 11.3 Å². The van der Waals surface area contributed by atoms with Gasteiger partial charge in [-0.15, -0.1) is 11.3 Å². The number of aliphatic hydroxyl groups is 1. The Morgan fingerprint density at radius 3 is 2.62 bits per heavy atom. The number of nitrogens with one attached hydrogen (secondary N) is 1. The van der Waals surface area contributed by atoms with Crippen molar-refractivity contribution in [2.24, 2.45) is 5.92 Å². The SMILES string of the molecule is C[C@@H]1CCCCO[C@H](CN(C)S(=O)(=O)c2cccs2)[C@H](C)CN([C@@H](C)CO)C(=O)c2cc(NC(=O)CCC(F)(F)F)ccc2O1. The van der Waals surface area contributed by atoms with Crippen molar-refractivity contribution in [1.82, 2.24) is 9.21 Å². The molecule has 45 heavy (non-hydrogen) atoms. The number of likely N-dealkylation sites (N-methyl/N-ethyl adjacent to an activating group) is 1. The summed E-state index contributed by atoms with van der Waals surface area (Å²) < 4.78 is 78.0. The monoisotopic (exact) mass is 677 g/mol. The van der Waals surface area contributed by atoms with E-state index >= 15 is 0 Å². The number of hydrogen-bond acceptors (Lipinski definition) is 8. The predicted octanol–water partition coefficient (Wildman–Crippen LogP) is 5.15. The van der Waals surface area contributed by atoms with E-state index in [1.165, 1.54) is 40.5 Å². The normalized spacial score (nSPS) is 21.5. The molecule has 15 heteroatoms. The summed E-state index contributed by atoms with van der Waals surface area (Å²) in [4.78, 5) is 27.8. The lowest BCUT2D eigenvalue weighted by Gasteiger charge is -2.35. The molecule has 1 aliphatic rings. The molecule has 0 spiro atoms. The fourth-order valence-electron chi connectivity index (χ4n) is 4.86. The molecule has 0 radical (unpaired) electrons. The van der Waals surface area contributed by atoms with Gasteiger partial charge in [-0.1, -0.05) is 13.0 Å². The average Bonchev–Trinajstić information content (AvgIpc) is 3.53.